The summed E-state index contributed by atoms with van der Waals surface area (Å²) in [6, 6.07) is 16.0. The first-order valence-electron chi connectivity index (χ1n) is 10.4. The zero-order valence-electron chi connectivity index (χ0n) is 17.8. The number of aromatic amines is 1. The lowest BCUT2D eigenvalue weighted by molar-refractivity contribution is -0.156. The summed E-state index contributed by atoms with van der Waals surface area (Å²) in [4.78, 5) is 16.2. The van der Waals surface area contributed by atoms with Crippen molar-refractivity contribution in [1.82, 2.24) is 15.3 Å². The van der Waals surface area contributed by atoms with Gasteiger partial charge in [0.1, 0.15) is 0 Å². The smallest absolute Gasteiger partial charge is 0.345 e. The van der Waals surface area contributed by atoms with E-state index < -0.39 is 12.5 Å². The largest absolute Gasteiger partial charge is 0.446 e. The van der Waals surface area contributed by atoms with Gasteiger partial charge in [0.2, 0.25) is 6.29 Å². The highest BCUT2D eigenvalue weighted by Crippen LogP contribution is 2.35. The standard InChI is InChI=1S/C22H27N3.C2HF3O/c1-22(2)11-3-4-19(13-22)23-14-16-5-7-17(8-6-16)18-9-10-20-21(12-18)25-15-24-20;3-2(4,5)1-6/h5-10,12,15,19,23H,3-4,11,13-14H2,1-2H3,(H,24,25);1H/t19-;/m0./s1. The van der Waals surface area contributed by atoms with Gasteiger partial charge in [0.15, 0.2) is 0 Å². The van der Waals surface area contributed by atoms with Crippen molar-refractivity contribution in [1.29, 1.82) is 0 Å². The van der Waals surface area contributed by atoms with Gasteiger partial charge < -0.3 is 10.3 Å². The molecule has 0 saturated heterocycles. The predicted molar refractivity (Wildman–Crippen MR) is 117 cm³/mol. The number of fused-ring (bicyclic) bond motifs is 1. The average molecular weight is 432 g/mol. The van der Waals surface area contributed by atoms with Crippen molar-refractivity contribution < 1.29 is 18.0 Å². The quantitative estimate of drug-likeness (QED) is 0.496. The minimum Gasteiger partial charge on any atom is -0.345 e. The van der Waals surface area contributed by atoms with E-state index in [1.807, 2.05) is 0 Å². The summed E-state index contributed by atoms with van der Waals surface area (Å²) in [5.41, 5.74) is 6.42. The maximum atomic E-state index is 10.4. The lowest BCUT2D eigenvalue weighted by Gasteiger charge is -2.35. The second-order valence-corrected chi connectivity index (χ2v) is 8.83. The highest BCUT2D eigenvalue weighted by molar-refractivity contribution is 5.81. The highest BCUT2D eigenvalue weighted by Gasteiger charge is 2.27. The van der Waals surface area contributed by atoms with Crippen molar-refractivity contribution in [2.45, 2.75) is 58.3 Å². The van der Waals surface area contributed by atoms with E-state index in [4.69, 9.17) is 4.79 Å². The first-order valence-corrected chi connectivity index (χ1v) is 10.4. The molecule has 1 aliphatic carbocycles. The van der Waals surface area contributed by atoms with Crippen molar-refractivity contribution >= 4 is 17.3 Å². The van der Waals surface area contributed by atoms with Crippen molar-refractivity contribution in [2.24, 2.45) is 5.41 Å². The van der Waals surface area contributed by atoms with Crippen LogP contribution in [0.5, 0.6) is 0 Å². The number of hydrogen-bond donors (Lipinski definition) is 2. The van der Waals surface area contributed by atoms with Gasteiger partial charge in [-0.15, -0.1) is 0 Å². The van der Waals surface area contributed by atoms with Crippen LogP contribution in [0.2, 0.25) is 0 Å². The minimum atomic E-state index is -4.64. The molecule has 2 N–H and O–H groups in total. The van der Waals surface area contributed by atoms with E-state index in [0.29, 0.717) is 11.5 Å². The molecule has 3 aromatic rings. The summed E-state index contributed by atoms with van der Waals surface area (Å²) >= 11 is 0. The van der Waals surface area contributed by atoms with Gasteiger partial charge in [-0.3, -0.25) is 4.79 Å². The molecule has 4 rings (SSSR count). The monoisotopic (exact) mass is 431 g/mol. The molecular weight excluding hydrogens is 403 g/mol. The number of carbonyl (C=O) groups excluding carboxylic acids is 1. The summed E-state index contributed by atoms with van der Waals surface area (Å²) in [5, 5.41) is 3.76. The van der Waals surface area contributed by atoms with Crippen LogP contribution < -0.4 is 5.32 Å². The van der Waals surface area contributed by atoms with Crippen LogP contribution in [0, 0.1) is 5.41 Å². The number of imidazole rings is 1. The van der Waals surface area contributed by atoms with Gasteiger partial charge in [-0.25, -0.2) is 4.98 Å². The number of carbonyl (C=O) groups is 1. The van der Waals surface area contributed by atoms with Gasteiger partial charge >= 0.3 is 6.18 Å². The predicted octanol–water partition coefficient (Wildman–Crippen LogP) is 6.04. The molecular formula is C24H28F3N3O. The van der Waals surface area contributed by atoms with E-state index >= 15 is 0 Å². The number of rotatable bonds is 4. The van der Waals surface area contributed by atoms with Crippen molar-refractivity contribution in [3.8, 4) is 11.1 Å². The van der Waals surface area contributed by atoms with Crippen LogP contribution in [0.4, 0.5) is 13.2 Å². The Morgan fingerprint density at radius 2 is 1.84 bits per heavy atom. The molecule has 0 unspecified atom stereocenters. The highest BCUT2D eigenvalue weighted by atomic mass is 19.4. The van der Waals surface area contributed by atoms with E-state index in [1.165, 1.54) is 42.4 Å². The van der Waals surface area contributed by atoms with E-state index in [9.17, 15) is 13.2 Å². The molecule has 0 spiro atoms. The number of H-pyrrole nitrogens is 1. The molecule has 0 radical (unpaired) electrons. The molecule has 0 amide bonds. The van der Waals surface area contributed by atoms with Crippen LogP contribution in [0.3, 0.4) is 0 Å². The molecule has 7 heteroatoms. The first-order chi connectivity index (χ1) is 14.6. The molecule has 2 aromatic carbocycles. The Bertz CT molecular complexity index is 993. The maximum absolute atomic E-state index is 10.4. The molecule has 0 aliphatic heterocycles. The molecule has 1 heterocycles. The molecule has 1 aromatic heterocycles. The summed E-state index contributed by atoms with van der Waals surface area (Å²) in [6.45, 7) is 5.75. The van der Waals surface area contributed by atoms with Gasteiger partial charge in [0.05, 0.1) is 17.4 Å². The number of alkyl halides is 3. The first kappa shape index (κ1) is 23.0. The van der Waals surface area contributed by atoms with E-state index in [1.54, 1.807) is 6.33 Å². The zero-order valence-corrected chi connectivity index (χ0v) is 17.8. The molecule has 166 valence electrons. The number of nitrogens with one attached hydrogen (secondary N) is 2. The van der Waals surface area contributed by atoms with Crippen LogP contribution in [-0.4, -0.2) is 28.5 Å². The SMILES string of the molecule is CC1(C)CCC[C@H](NCc2ccc(-c3ccc4nc[nH]c4c3)cc2)C1.O=CC(F)(F)F. The van der Waals surface area contributed by atoms with Crippen LogP contribution in [0.25, 0.3) is 22.2 Å². The molecule has 1 aliphatic rings. The van der Waals surface area contributed by atoms with Crippen LogP contribution in [-0.2, 0) is 11.3 Å². The Morgan fingerprint density at radius 1 is 1.16 bits per heavy atom. The fraction of sp³-hybridized carbons (Fsp3) is 0.417. The van der Waals surface area contributed by atoms with Crippen molar-refractivity contribution in [3.05, 3.63) is 54.4 Å². The Kier molecular flexibility index (Phi) is 7.15. The van der Waals surface area contributed by atoms with Crippen molar-refractivity contribution in [3.63, 3.8) is 0 Å². The molecule has 0 bridgehead atoms. The van der Waals surface area contributed by atoms with Gasteiger partial charge in [-0.05, 0) is 53.5 Å². The second-order valence-electron chi connectivity index (χ2n) is 8.83. The fourth-order valence-electron chi connectivity index (χ4n) is 4.06. The number of aldehydes is 1. The molecule has 1 fully saturated rings. The Hall–Kier alpha value is -2.67. The molecule has 1 atom stereocenters. The van der Waals surface area contributed by atoms with Gasteiger partial charge in [-0.1, -0.05) is 50.6 Å². The fourth-order valence-corrected chi connectivity index (χ4v) is 4.06. The number of nitrogens with zero attached hydrogens (tertiary/aromatic N) is 1. The number of hydrogen-bond acceptors (Lipinski definition) is 3. The van der Waals surface area contributed by atoms with Crippen LogP contribution in [0.1, 0.15) is 45.1 Å². The lowest BCUT2D eigenvalue weighted by atomic mass is 9.75. The minimum absolute atomic E-state index is 0.491. The summed E-state index contributed by atoms with van der Waals surface area (Å²) < 4.78 is 31.2. The molecule has 1 saturated carbocycles. The maximum Gasteiger partial charge on any atom is 0.446 e. The normalized spacial score (nSPS) is 18.3. The summed E-state index contributed by atoms with van der Waals surface area (Å²) in [7, 11) is 0. The van der Waals surface area contributed by atoms with Gasteiger partial charge in [-0.2, -0.15) is 13.2 Å². The lowest BCUT2D eigenvalue weighted by Crippen LogP contribution is -2.36. The average Bonchev–Trinajstić information content (AvgIpc) is 3.20. The molecule has 31 heavy (non-hydrogen) atoms. The number of aromatic nitrogens is 2. The van der Waals surface area contributed by atoms with Gasteiger partial charge in [0, 0.05) is 12.6 Å². The van der Waals surface area contributed by atoms with Crippen LogP contribution >= 0.6 is 0 Å². The Morgan fingerprint density at radius 3 is 2.48 bits per heavy atom. The van der Waals surface area contributed by atoms with E-state index in [0.717, 1.165) is 17.6 Å². The third-order valence-electron chi connectivity index (χ3n) is 5.64. The topological polar surface area (TPSA) is 57.8 Å². The third kappa shape index (κ3) is 6.92. The Balaban J connectivity index is 0.000000401. The van der Waals surface area contributed by atoms with Gasteiger partial charge in [0.25, 0.3) is 0 Å². The number of benzene rings is 2. The van der Waals surface area contributed by atoms with E-state index in [-0.39, 0.29) is 0 Å². The summed E-state index contributed by atoms with van der Waals surface area (Å²) in [5.74, 6) is 0. The second kappa shape index (κ2) is 9.64. The Labute approximate surface area is 180 Å². The van der Waals surface area contributed by atoms with E-state index in [2.05, 4.69) is 71.6 Å². The molecule has 4 nitrogen and oxygen atoms in total. The summed E-state index contributed by atoms with van der Waals surface area (Å²) in [6.07, 6.45) is 1.35. The number of halogens is 3. The van der Waals surface area contributed by atoms with Crippen molar-refractivity contribution in [2.75, 3.05) is 0 Å². The van der Waals surface area contributed by atoms with Crippen LogP contribution in [0.15, 0.2) is 48.8 Å². The third-order valence-corrected chi connectivity index (χ3v) is 5.64. The zero-order chi connectivity index (χ0) is 22.5.